The third kappa shape index (κ3) is 9.70. The first-order chi connectivity index (χ1) is 25.8. The van der Waals surface area contributed by atoms with Crippen LogP contribution < -0.4 is 14.2 Å². The molecule has 0 unspecified atom stereocenters. The number of ether oxygens (including phenoxy) is 3. The van der Waals surface area contributed by atoms with E-state index >= 15 is 0 Å². The quantitative estimate of drug-likeness (QED) is 0.226. The smallest absolute Gasteiger partial charge is 0.307 e. The number of nitrogens with zero attached hydrogens (tertiary/aromatic N) is 2. The van der Waals surface area contributed by atoms with Crippen LogP contribution in [0.1, 0.15) is 106 Å². The minimum absolute atomic E-state index is 0.00542. The Labute approximate surface area is 325 Å². The van der Waals surface area contributed by atoms with E-state index in [0.717, 1.165) is 23.6 Å². The highest BCUT2D eigenvalue weighted by Gasteiger charge is 2.61. The topological polar surface area (TPSA) is 158 Å². The number of esters is 1. The monoisotopic (exact) mass is 779 g/mol. The number of ketones is 1. The van der Waals surface area contributed by atoms with E-state index in [1.165, 1.54) is 4.90 Å². The van der Waals surface area contributed by atoms with Gasteiger partial charge in [0.25, 0.3) is 0 Å². The van der Waals surface area contributed by atoms with E-state index < -0.39 is 56.2 Å². The van der Waals surface area contributed by atoms with E-state index in [1.807, 2.05) is 57.2 Å². The maximum atomic E-state index is 14.8. The molecule has 7 atom stereocenters. The van der Waals surface area contributed by atoms with Crippen LogP contribution in [0.15, 0.2) is 42.6 Å². The van der Waals surface area contributed by atoms with Gasteiger partial charge in [0.1, 0.15) is 17.5 Å². The molecule has 2 aromatic rings. The van der Waals surface area contributed by atoms with Crippen LogP contribution in [-0.2, 0) is 33.9 Å². The van der Waals surface area contributed by atoms with Crippen LogP contribution >= 0.6 is 0 Å². The van der Waals surface area contributed by atoms with Gasteiger partial charge in [-0.05, 0) is 121 Å². The van der Waals surface area contributed by atoms with E-state index in [-0.39, 0.29) is 61.4 Å². The molecule has 13 heteroatoms. The Morgan fingerprint density at radius 3 is 2.51 bits per heavy atom. The predicted molar refractivity (Wildman–Crippen MR) is 208 cm³/mol. The minimum atomic E-state index is -3.85. The fourth-order valence-electron chi connectivity index (χ4n) is 8.27. The van der Waals surface area contributed by atoms with Gasteiger partial charge in [-0.2, -0.15) is 0 Å². The van der Waals surface area contributed by atoms with Crippen molar-refractivity contribution in [1.82, 2.24) is 14.6 Å². The first-order valence-corrected chi connectivity index (χ1v) is 21.4. The summed E-state index contributed by atoms with van der Waals surface area (Å²) in [5.74, 6) is -1.86. The predicted octanol–water partition coefficient (Wildman–Crippen LogP) is 6.30. The van der Waals surface area contributed by atoms with Crippen LogP contribution in [0, 0.1) is 29.1 Å². The number of amides is 2. The molecule has 2 aliphatic heterocycles. The summed E-state index contributed by atoms with van der Waals surface area (Å²) in [6.45, 7) is 13.4. The molecule has 3 heterocycles. The average Bonchev–Trinajstić information content (AvgIpc) is 4.01. The number of hydrogen-bond acceptors (Lipinski definition) is 10. The van der Waals surface area contributed by atoms with Crippen LogP contribution in [0.3, 0.4) is 0 Å². The van der Waals surface area contributed by atoms with Gasteiger partial charge in [-0.25, -0.2) is 13.4 Å². The highest BCUT2D eigenvalue weighted by Crippen LogP contribution is 2.57. The molecule has 2 aliphatic carbocycles. The summed E-state index contributed by atoms with van der Waals surface area (Å²) in [4.78, 5) is 62.7. The second-order valence-electron chi connectivity index (χ2n) is 17.7. The van der Waals surface area contributed by atoms with E-state index in [0.29, 0.717) is 37.3 Å². The molecule has 1 saturated heterocycles. The summed E-state index contributed by atoms with van der Waals surface area (Å²) in [6.07, 6.45) is 8.28. The average molecular weight is 780 g/mol. The van der Waals surface area contributed by atoms with Crippen molar-refractivity contribution in [2.24, 2.45) is 29.1 Å². The first-order valence-electron chi connectivity index (χ1n) is 19.8. The van der Waals surface area contributed by atoms with Gasteiger partial charge in [0.15, 0.2) is 5.78 Å². The van der Waals surface area contributed by atoms with Crippen molar-refractivity contribution in [1.29, 1.82) is 0 Å². The molecule has 2 saturated carbocycles. The van der Waals surface area contributed by atoms with Crippen molar-refractivity contribution >= 4 is 44.4 Å². The third-order valence-corrected chi connectivity index (χ3v) is 13.1. The zero-order valence-electron chi connectivity index (χ0n) is 33.2. The van der Waals surface area contributed by atoms with E-state index in [1.54, 1.807) is 27.0 Å². The summed E-state index contributed by atoms with van der Waals surface area (Å²) in [6, 6.07) is 6.52. The van der Waals surface area contributed by atoms with Gasteiger partial charge >= 0.3 is 5.97 Å². The molecule has 1 N–H and O–H groups in total. The van der Waals surface area contributed by atoms with Gasteiger partial charge in [0, 0.05) is 24.4 Å². The number of benzene rings is 1. The number of nitrogens with one attached hydrogen (secondary N) is 1. The molecule has 4 aliphatic rings. The highest BCUT2D eigenvalue weighted by atomic mass is 32.2. The van der Waals surface area contributed by atoms with Crippen LogP contribution in [0.25, 0.3) is 10.8 Å². The van der Waals surface area contributed by atoms with Crippen LogP contribution in [0.2, 0.25) is 0 Å². The Kier molecular flexibility index (Phi) is 11.7. The molecule has 300 valence electrons. The molecule has 55 heavy (non-hydrogen) atoms. The number of aromatic nitrogens is 1. The Morgan fingerprint density at radius 2 is 1.82 bits per heavy atom. The molecule has 2 amide bonds. The second kappa shape index (κ2) is 15.9. The molecule has 3 fully saturated rings. The number of carbonyl (C=O) groups is 4. The number of allylic oxidation sites excluding steroid dienone is 2. The number of carbonyl (C=O) groups excluding carboxylic acids is 4. The van der Waals surface area contributed by atoms with Crippen molar-refractivity contribution in [2.45, 2.75) is 135 Å². The summed E-state index contributed by atoms with van der Waals surface area (Å²) in [5.41, 5.74) is -1.99. The lowest BCUT2D eigenvalue weighted by Gasteiger charge is -2.32. The van der Waals surface area contributed by atoms with E-state index in [9.17, 15) is 27.6 Å². The molecule has 1 aromatic heterocycles. The van der Waals surface area contributed by atoms with Gasteiger partial charge in [-0.15, -0.1) is 0 Å². The highest BCUT2D eigenvalue weighted by molar-refractivity contribution is 7.90. The lowest BCUT2D eigenvalue weighted by molar-refractivity contribution is -0.160. The van der Waals surface area contributed by atoms with Crippen LogP contribution in [0.4, 0.5) is 0 Å². The SMILES string of the molecule is CC(C)Oc1ccc2c(O[C@@H]3C[C@H]4C(=O)C[C@]5(C(=O)NS(=O)(=O)C6CC6)C[C@H]5/C=C\CC[C@H](C)C[C@@H](C)[C@H](CC(=O)OC(C)(C)C)C(=O)N4C3)nccc2c1. The van der Waals surface area contributed by atoms with E-state index in [4.69, 9.17) is 14.2 Å². The maximum Gasteiger partial charge on any atom is 0.307 e. The van der Waals surface area contributed by atoms with Crippen molar-refractivity contribution in [3.05, 3.63) is 42.6 Å². The van der Waals surface area contributed by atoms with Gasteiger partial charge < -0.3 is 19.1 Å². The molecule has 6 rings (SSSR count). The molecule has 0 radical (unpaired) electrons. The van der Waals surface area contributed by atoms with Crippen molar-refractivity contribution in [3.63, 3.8) is 0 Å². The molecule has 0 bridgehead atoms. The minimum Gasteiger partial charge on any atom is -0.491 e. The molecule has 0 spiro atoms. The number of fused-ring (bicyclic) bond motifs is 3. The molecule has 12 nitrogen and oxygen atoms in total. The first kappa shape index (κ1) is 40.7. The third-order valence-electron chi connectivity index (χ3n) is 11.3. The fraction of sp³-hybridized carbons (Fsp3) is 0.643. The summed E-state index contributed by atoms with van der Waals surface area (Å²) >= 11 is 0. The molecular weight excluding hydrogens is 723 g/mol. The normalized spacial score (nSPS) is 29.8. The van der Waals surface area contributed by atoms with Gasteiger partial charge in [-0.1, -0.05) is 26.0 Å². The maximum absolute atomic E-state index is 14.8. The van der Waals surface area contributed by atoms with Crippen molar-refractivity contribution in [2.75, 3.05) is 6.54 Å². The lowest BCUT2D eigenvalue weighted by atomic mass is 9.82. The number of sulfonamides is 1. The number of rotatable bonds is 9. The molecular formula is C42H57N3O9S. The van der Waals surface area contributed by atoms with Crippen LogP contribution in [0.5, 0.6) is 11.6 Å². The van der Waals surface area contributed by atoms with Gasteiger partial charge in [0.2, 0.25) is 27.7 Å². The number of Topliss-reactive ketones (excluding diaryl/α,β-unsaturated/α-hetero) is 1. The summed E-state index contributed by atoms with van der Waals surface area (Å²) in [7, 11) is -3.85. The van der Waals surface area contributed by atoms with Gasteiger partial charge in [0.05, 0.1) is 41.7 Å². The fourth-order valence-corrected chi connectivity index (χ4v) is 9.66. The summed E-state index contributed by atoms with van der Waals surface area (Å²) < 4.78 is 46.2. The molecule has 1 aromatic carbocycles. The zero-order chi connectivity index (χ0) is 39.9. The van der Waals surface area contributed by atoms with Crippen LogP contribution in [-0.4, -0.2) is 77.5 Å². The summed E-state index contributed by atoms with van der Waals surface area (Å²) in [5, 5.41) is 0.999. The van der Waals surface area contributed by atoms with Crippen molar-refractivity contribution in [3.8, 4) is 11.6 Å². The second-order valence-corrected chi connectivity index (χ2v) is 19.6. The van der Waals surface area contributed by atoms with Crippen molar-refractivity contribution < 1.29 is 41.8 Å². The Balaban J connectivity index is 1.33. The lowest BCUT2D eigenvalue weighted by Crippen LogP contribution is -2.47. The Hall–Kier alpha value is -4.00. The standard InChI is InChI=1S/C42H57N3O9S/c1-25(2)52-30-12-15-33-28(19-30)16-17-43-38(33)53-31-20-35-36(46)23-42(40(49)44-55(50,51)32-13-14-32)22-29(42)11-9-8-10-26(3)18-27(4)34(39(48)45(35)24-31)21-37(47)54-41(5,6)7/h9,11-12,15-17,19,25-27,29,31-32,34-35H,8,10,13-14,18,20-24H2,1-7H3,(H,44,49)/b11-9-/t26-,27+,29+,31+,34-,35-,42+/m0/s1. The van der Waals surface area contributed by atoms with E-state index in [2.05, 4.69) is 16.6 Å². The number of pyridine rings is 1. The zero-order valence-corrected chi connectivity index (χ0v) is 34.0. The largest absolute Gasteiger partial charge is 0.491 e. The Morgan fingerprint density at radius 1 is 1.07 bits per heavy atom. The van der Waals surface area contributed by atoms with Gasteiger partial charge in [-0.3, -0.25) is 23.9 Å². The Bertz CT molecular complexity index is 1930. The number of hydrogen-bond donors (Lipinski definition) is 1.